The Morgan fingerprint density at radius 1 is 1.12 bits per heavy atom. The highest BCUT2D eigenvalue weighted by Crippen LogP contribution is 2.26. The van der Waals surface area contributed by atoms with Gasteiger partial charge in [-0.25, -0.2) is 18.7 Å². The molecule has 2 heterocycles. The van der Waals surface area contributed by atoms with Crippen molar-refractivity contribution in [2.24, 2.45) is 17.8 Å². The van der Waals surface area contributed by atoms with Gasteiger partial charge in [0.05, 0.1) is 24.6 Å². The molecule has 11 heteroatoms. The van der Waals surface area contributed by atoms with Crippen LogP contribution in [0.25, 0.3) is 6.08 Å². The predicted octanol–water partition coefficient (Wildman–Crippen LogP) is 3.83. The highest BCUT2D eigenvalue weighted by atomic mass is 32.2. The number of nitrogens with zero attached hydrogens (tertiary/aromatic N) is 2. The Hall–Kier alpha value is -3.12. The molecule has 40 heavy (non-hydrogen) atoms. The summed E-state index contributed by atoms with van der Waals surface area (Å²) in [6.07, 6.45) is 10.4. The van der Waals surface area contributed by atoms with Crippen molar-refractivity contribution in [3.05, 3.63) is 72.1 Å². The van der Waals surface area contributed by atoms with Crippen LogP contribution in [0.5, 0.6) is 0 Å². The standard InChI is InChI=1S/C29H40N4O6S/c1-22(2)19-26(28(34)31-33(40(3,36)37)21-24-14-10-17-30-20-24)25(15-9-13-23-11-5-4-6-12-23)29(35)32-39-27-16-7-8-18-38-27/h4-6,9-14,17,20,22,25-27H,7-8,15-16,18-19,21H2,1-3H3,(H,31,34)(H,32,35)/t25-,26+,27?/m0/s1. The van der Waals surface area contributed by atoms with Gasteiger partial charge < -0.3 is 4.74 Å². The first-order chi connectivity index (χ1) is 19.1. The third-order valence-electron chi connectivity index (χ3n) is 6.50. The van der Waals surface area contributed by atoms with Gasteiger partial charge in [0.1, 0.15) is 0 Å². The quantitative estimate of drug-likeness (QED) is 0.330. The van der Waals surface area contributed by atoms with E-state index in [-0.39, 0.29) is 18.9 Å². The number of aromatic nitrogens is 1. The first-order valence-corrected chi connectivity index (χ1v) is 15.4. The fraction of sp³-hybridized carbons (Fsp3) is 0.483. The molecule has 1 aromatic carbocycles. The van der Waals surface area contributed by atoms with Crippen LogP contribution in [0.15, 0.2) is 60.9 Å². The first kappa shape index (κ1) is 31.4. The monoisotopic (exact) mass is 572 g/mol. The SMILES string of the molecule is CC(C)C[C@@H](C(=O)NN(Cc1cccnc1)S(C)(=O)=O)[C@H](CC=Cc1ccccc1)C(=O)NOC1CCCCO1. The molecule has 1 aliphatic rings. The van der Waals surface area contributed by atoms with Gasteiger partial charge in [-0.05, 0) is 48.8 Å². The average molecular weight is 573 g/mol. The molecule has 1 aromatic heterocycles. The molecule has 218 valence electrons. The number of allylic oxidation sites excluding steroid dienone is 1. The highest BCUT2D eigenvalue weighted by Gasteiger charge is 2.36. The fourth-order valence-corrected chi connectivity index (χ4v) is 5.08. The summed E-state index contributed by atoms with van der Waals surface area (Å²) in [6, 6.07) is 13.0. The second-order valence-corrected chi connectivity index (χ2v) is 12.3. The van der Waals surface area contributed by atoms with E-state index in [0.717, 1.165) is 29.1 Å². The molecule has 3 rings (SSSR count). The van der Waals surface area contributed by atoms with Crippen LogP contribution in [0, 0.1) is 17.8 Å². The molecule has 0 aliphatic carbocycles. The van der Waals surface area contributed by atoms with Gasteiger partial charge in [0.15, 0.2) is 6.29 Å². The zero-order chi connectivity index (χ0) is 29.0. The highest BCUT2D eigenvalue weighted by molar-refractivity contribution is 7.88. The number of rotatable bonds is 14. The molecule has 1 saturated heterocycles. The third kappa shape index (κ3) is 10.5. The lowest BCUT2D eigenvalue weighted by Crippen LogP contribution is -2.50. The molecule has 0 saturated carbocycles. The number of pyridine rings is 1. The van der Waals surface area contributed by atoms with Crippen molar-refractivity contribution in [2.75, 3.05) is 12.9 Å². The summed E-state index contributed by atoms with van der Waals surface area (Å²) < 4.78 is 31.6. The molecule has 0 spiro atoms. The van der Waals surface area contributed by atoms with Gasteiger partial charge in [-0.2, -0.15) is 0 Å². The van der Waals surface area contributed by atoms with E-state index in [1.807, 2.05) is 56.3 Å². The normalized spacial score (nSPS) is 17.6. The van der Waals surface area contributed by atoms with E-state index in [4.69, 9.17) is 9.57 Å². The van der Waals surface area contributed by atoms with Crippen molar-refractivity contribution in [3.63, 3.8) is 0 Å². The Kier molecular flexibility index (Phi) is 12.3. The second-order valence-electron chi connectivity index (χ2n) is 10.4. The summed E-state index contributed by atoms with van der Waals surface area (Å²) in [5, 5.41) is 0. The van der Waals surface area contributed by atoms with Crippen LogP contribution in [0.4, 0.5) is 0 Å². The maximum Gasteiger partial charge on any atom is 0.247 e. The van der Waals surface area contributed by atoms with E-state index < -0.39 is 40.0 Å². The van der Waals surface area contributed by atoms with Crippen LogP contribution < -0.4 is 10.9 Å². The number of hydroxylamine groups is 1. The van der Waals surface area contributed by atoms with Gasteiger partial charge in [0, 0.05) is 25.4 Å². The Morgan fingerprint density at radius 3 is 2.52 bits per heavy atom. The molecule has 1 aliphatic heterocycles. The lowest BCUT2D eigenvalue weighted by molar-refractivity contribution is -0.203. The topological polar surface area (TPSA) is 127 Å². The van der Waals surface area contributed by atoms with Crippen molar-refractivity contribution >= 4 is 27.9 Å². The number of ether oxygens (including phenoxy) is 1. The summed E-state index contributed by atoms with van der Waals surface area (Å²) in [7, 11) is -3.83. The molecular formula is C29H40N4O6S. The number of hydrogen-bond acceptors (Lipinski definition) is 7. The Morgan fingerprint density at radius 2 is 1.90 bits per heavy atom. The van der Waals surface area contributed by atoms with Crippen molar-refractivity contribution < 1.29 is 27.6 Å². The fourth-order valence-electron chi connectivity index (χ4n) is 4.44. The summed E-state index contributed by atoms with van der Waals surface area (Å²) in [6.45, 7) is 4.36. The molecule has 2 aromatic rings. The van der Waals surface area contributed by atoms with E-state index in [0.29, 0.717) is 25.0 Å². The molecule has 1 unspecified atom stereocenters. The summed E-state index contributed by atoms with van der Waals surface area (Å²) >= 11 is 0. The van der Waals surface area contributed by atoms with E-state index in [9.17, 15) is 18.0 Å². The molecule has 0 bridgehead atoms. The Labute approximate surface area is 237 Å². The van der Waals surface area contributed by atoms with Crippen LogP contribution in [-0.4, -0.2) is 48.8 Å². The van der Waals surface area contributed by atoms with Crippen LogP contribution in [-0.2, 0) is 35.7 Å². The zero-order valence-electron chi connectivity index (χ0n) is 23.4. The van der Waals surface area contributed by atoms with Crippen LogP contribution in [0.1, 0.15) is 57.1 Å². The largest absolute Gasteiger partial charge is 0.350 e. The number of nitrogens with one attached hydrogen (secondary N) is 2. The predicted molar refractivity (Wildman–Crippen MR) is 152 cm³/mol. The second kappa shape index (κ2) is 15.6. The number of carbonyl (C=O) groups excluding carboxylic acids is 2. The Balaban J connectivity index is 1.83. The summed E-state index contributed by atoms with van der Waals surface area (Å²) in [5.41, 5.74) is 6.65. The van der Waals surface area contributed by atoms with Crippen LogP contribution >= 0.6 is 0 Å². The van der Waals surface area contributed by atoms with Gasteiger partial charge in [-0.3, -0.25) is 20.0 Å². The lowest BCUT2D eigenvalue weighted by atomic mass is 9.82. The van der Waals surface area contributed by atoms with Crippen molar-refractivity contribution in [3.8, 4) is 0 Å². The van der Waals surface area contributed by atoms with E-state index in [1.54, 1.807) is 18.3 Å². The van der Waals surface area contributed by atoms with Crippen molar-refractivity contribution in [1.29, 1.82) is 0 Å². The summed E-state index contributed by atoms with van der Waals surface area (Å²) in [5.74, 6) is -2.65. The van der Waals surface area contributed by atoms with Gasteiger partial charge >= 0.3 is 0 Å². The first-order valence-electron chi connectivity index (χ1n) is 13.6. The van der Waals surface area contributed by atoms with Crippen molar-refractivity contribution in [2.45, 2.75) is 58.8 Å². The number of hydrazine groups is 1. The molecular weight excluding hydrogens is 532 g/mol. The van der Waals surface area contributed by atoms with E-state index in [1.165, 1.54) is 6.20 Å². The Bertz CT molecular complexity index is 1200. The number of hydrogen-bond donors (Lipinski definition) is 2. The van der Waals surface area contributed by atoms with Crippen LogP contribution in [0.3, 0.4) is 0 Å². The number of carbonyl (C=O) groups is 2. The molecule has 1 fully saturated rings. The minimum atomic E-state index is -3.83. The zero-order valence-corrected chi connectivity index (χ0v) is 24.2. The van der Waals surface area contributed by atoms with Crippen LogP contribution in [0.2, 0.25) is 0 Å². The molecule has 10 nitrogen and oxygen atoms in total. The van der Waals surface area contributed by atoms with Crippen molar-refractivity contribution in [1.82, 2.24) is 20.3 Å². The molecule has 3 atom stereocenters. The lowest BCUT2D eigenvalue weighted by Gasteiger charge is -2.30. The number of amides is 2. The van der Waals surface area contributed by atoms with Gasteiger partial charge in [-0.15, -0.1) is 4.41 Å². The van der Waals surface area contributed by atoms with Gasteiger partial charge in [-0.1, -0.05) is 62.4 Å². The maximum atomic E-state index is 13.7. The summed E-state index contributed by atoms with van der Waals surface area (Å²) in [4.78, 5) is 36.8. The molecule has 2 N–H and O–H groups in total. The minimum Gasteiger partial charge on any atom is -0.350 e. The minimum absolute atomic E-state index is 0.0526. The molecule has 0 radical (unpaired) electrons. The van der Waals surface area contributed by atoms with E-state index >= 15 is 0 Å². The average Bonchev–Trinajstić information content (AvgIpc) is 2.94. The number of sulfonamides is 1. The maximum absolute atomic E-state index is 13.7. The smallest absolute Gasteiger partial charge is 0.247 e. The third-order valence-corrected chi connectivity index (χ3v) is 7.52. The van der Waals surface area contributed by atoms with Gasteiger partial charge in [0.2, 0.25) is 21.8 Å². The van der Waals surface area contributed by atoms with E-state index in [2.05, 4.69) is 15.9 Å². The molecule has 2 amide bonds. The van der Waals surface area contributed by atoms with Gasteiger partial charge in [0.25, 0.3) is 0 Å². The number of benzene rings is 1.